The number of benzene rings is 2. The molecule has 0 spiro atoms. The van der Waals surface area contributed by atoms with E-state index in [0.29, 0.717) is 33.1 Å². The van der Waals surface area contributed by atoms with Crippen molar-refractivity contribution in [2.75, 3.05) is 5.32 Å². The van der Waals surface area contributed by atoms with Crippen molar-refractivity contribution < 1.29 is 0 Å². The van der Waals surface area contributed by atoms with Gasteiger partial charge < -0.3 is 5.32 Å². The summed E-state index contributed by atoms with van der Waals surface area (Å²) in [7, 11) is 0. The maximum absolute atomic E-state index is 9.06. The van der Waals surface area contributed by atoms with Crippen molar-refractivity contribution in [1.29, 1.82) is 5.26 Å². The normalized spacial score (nSPS) is 10.5. The first-order valence-electron chi connectivity index (χ1n) is 6.62. The highest BCUT2D eigenvalue weighted by atomic mass is 35.5. The Morgan fingerprint density at radius 3 is 2.52 bits per heavy atom. The number of anilines is 1. The zero-order valence-corrected chi connectivity index (χ0v) is 13.9. The summed E-state index contributed by atoms with van der Waals surface area (Å²) in [5.74, 6) is 0.549. The lowest BCUT2D eigenvalue weighted by Gasteiger charge is -2.10. The molecule has 2 aromatic carbocycles. The van der Waals surface area contributed by atoms with E-state index in [1.165, 1.54) is 0 Å². The van der Waals surface area contributed by atoms with E-state index >= 15 is 0 Å². The zero-order chi connectivity index (χ0) is 16.4. The topological polar surface area (TPSA) is 61.6 Å². The SMILES string of the molecule is N#Cc1ccc2c(Cl)nnc(NCc3ccc(Cl)c(Cl)c3)c2c1. The van der Waals surface area contributed by atoms with Gasteiger partial charge in [0.2, 0.25) is 0 Å². The highest BCUT2D eigenvalue weighted by Crippen LogP contribution is 2.28. The lowest BCUT2D eigenvalue weighted by Crippen LogP contribution is -2.03. The number of nitrogens with zero attached hydrogens (tertiary/aromatic N) is 3. The first kappa shape index (κ1) is 15.8. The average molecular weight is 364 g/mol. The summed E-state index contributed by atoms with van der Waals surface area (Å²) in [6, 6.07) is 12.7. The Kier molecular flexibility index (Phi) is 4.53. The Morgan fingerprint density at radius 2 is 1.78 bits per heavy atom. The van der Waals surface area contributed by atoms with Gasteiger partial charge in [0, 0.05) is 17.3 Å². The number of nitriles is 1. The van der Waals surface area contributed by atoms with Crippen molar-refractivity contribution in [1.82, 2.24) is 10.2 Å². The average Bonchev–Trinajstić information content (AvgIpc) is 2.57. The monoisotopic (exact) mass is 362 g/mol. The molecule has 23 heavy (non-hydrogen) atoms. The van der Waals surface area contributed by atoms with E-state index in [4.69, 9.17) is 40.1 Å². The molecule has 0 amide bonds. The van der Waals surface area contributed by atoms with Crippen LogP contribution < -0.4 is 5.32 Å². The van der Waals surface area contributed by atoms with E-state index in [9.17, 15) is 0 Å². The molecule has 114 valence electrons. The molecule has 0 saturated carbocycles. The van der Waals surface area contributed by atoms with E-state index in [-0.39, 0.29) is 0 Å². The van der Waals surface area contributed by atoms with Crippen LogP contribution in [0.4, 0.5) is 5.82 Å². The van der Waals surface area contributed by atoms with E-state index in [1.54, 1.807) is 30.3 Å². The van der Waals surface area contributed by atoms with Crippen LogP contribution in [0.25, 0.3) is 10.8 Å². The smallest absolute Gasteiger partial charge is 0.159 e. The molecule has 1 heterocycles. The molecular weight excluding hydrogens is 355 g/mol. The summed E-state index contributed by atoms with van der Waals surface area (Å²) < 4.78 is 0. The number of hydrogen-bond acceptors (Lipinski definition) is 4. The number of halogens is 3. The van der Waals surface area contributed by atoms with Crippen molar-refractivity contribution in [3.8, 4) is 6.07 Å². The Balaban J connectivity index is 1.95. The largest absolute Gasteiger partial charge is 0.364 e. The number of rotatable bonds is 3. The van der Waals surface area contributed by atoms with Crippen LogP contribution in [-0.2, 0) is 6.54 Å². The Bertz CT molecular complexity index is 934. The fourth-order valence-electron chi connectivity index (χ4n) is 2.16. The molecule has 0 atom stereocenters. The molecule has 0 aliphatic carbocycles. The molecule has 7 heteroatoms. The molecule has 3 aromatic rings. The highest BCUT2D eigenvalue weighted by Gasteiger charge is 2.09. The van der Waals surface area contributed by atoms with Crippen molar-refractivity contribution in [2.24, 2.45) is 0 Å². The molecule has 1 aromatic heterocycles. The predicted molar refractivity (Wildman–Crippen MR) is 93.1 cm³/mol. The molecule has 0 radical (unpaired) electrons. The van der Waals surface area contributed by atoms with Gasteiger partial charge in [0.05, 0.1) is 21.7 Å². The quantitative estimate of drug-likeness (QED) is 0.705. The van der Waals surface area contributed by atoms with Crippen molar-refractivity contribution in [3.05, 3.63) is 62.7 Å². The summed E-state index contributed by atoms with van der Waals surface area (Å²) in [4.78, 5) is 0. The lowest BCUT2D eigenvalue weighted by molar-refractivity contribution is 1.02. The molecule has 0 fully saturated rings. The molecule has 0 unspecified atom stereocenters. The molecule has 0 aliphatic rings. The Labute approximate surface area is 147 Å². The summed E-state index contributed by atoms with van der Waals surface area (Å²) >= 11 is 18.0. The molecule has 4 nitrogen and oxygen atoms in total. The van der Waals surface area contributed by atoms with Crippen LogP contribution in [0, 0.1) is 11.3 Å². The minimum Gasteiger partial charge on any atom is -0.364 e. The van der Waals surface area contributed by atoms with Crippen LogP contribution >= 0.6 is 34.8 Å². The maximum Gasteiger partial charge on any atom is 0.159 e. The summed E-state index contributed by atoms with van der Waals surface area (Å²) in [6.45, 7) is 0.485. The fraction of sp³-hybridized carbons (Fsp3) is 0.0625. The number of aromatic nitrogens is 2. The van der Waals surface area contributed by atoms with E-state index in [1.807, 2.05) is 6.07 Å². The van der Waals surface area contributed by atoms with Gasteiger partial charge >= 0.3 is 0 Å². The molecule has 1 N–H and O–H groups in total. The first-order valence-corrected chi connectivity index (χ1v) is 7.75. The van der Waals surface area contributed by atoms with Gasteiger partial charge in [0.25, 0.3) is 0 Å². The molecule has 0 aliphatic heterocycles. The van der Waals surface area contributed by atoms with E-state index in [0.717, 1.165) is 16.3 Å². The van der Waals surface area contributed by atoms with Crippen LogP contribution in [0.5, 0.6) is 0 Å². The predicted octanol–water partition coefficient (Wildman–Crippen LogP) is 5.07. The van der Waals surface area contributed by atoms with Crippen LogP contribution in [0.3, 0.4) is 0 Å². The molecule has 0 bridgehead atoms. The maximum atomic E-state index is 9.06. The van der Waals surface area contributed by atoms with Gasteiger partial charge in [-0.1, -0.05) is 40.9 Å². The van der Waals surface area contributed by atoms with Crippen LogP contribution in [0.15, 0.2) is 36.4 Å². The second kappa shape index (κ2) is 6.59. The van der Waals surface area contributed by atoms with Crippen molar-refractivity contribution >= 4 is 51.4 Å². The summed E-state index contributed by atoms with van der Waals surface area (Å²) in [6.07, 6.45) is 0. The van der Waals surface area contributed by atoms with Gasteiger partial charge in [-0.15, -0.1) is 10.2 Å². The van der Waals surface area contributed by atoms with Gasteiger partial charge in [0.1, 0.15) is 0 Å². The van der Waals surface area contributed by atoms with Crippen molar-refractivity contribution in [3.63, 3.8) is 0 Å². The third-order valence-electron chi connectivity index (χ3n) is 3.31. The molecule has 3 rings (SSSR count). The number of nitrogens with one attached hydrogen (secondary N) is 1. The minimum absolute atomic E-state index is 0.296. The Morgan fingerprint density at radius 1 is 0.957 bits per heavy atom. The van der Waals surface area contributed by atoms with Crippen molar-refractivity contribution in [2.45, 2.75) is 6.54 Å². The Hall–Kier alpha value is -2.06. The number of hydrogen-bond donors (Lipinski definition) is 1. The molecule has 0 saturated heterocycles. The van der Waals surface area contributed by atoms with Crippen LogP contribution in [0.1, 0.15) is 11.1 Å². The third-order valence-corrected chi connectivity index (χ3v) is 4.33. The fourth-order valence-corrected chi connectivity index (χ4v) is 2.68. The zero-order valence-electron chi connectivity index (χ0n) is 11.6. The highest BCUT2D eigenvalue weighted by molar-refractivity contribution is 6.42. The summed E-state index contributed by atoms with van der Waals surface area (Å²) in [5, 5.41) is 23.0. The number of fused-ring (bicyclic) bond motifs is 1. The van der Waals surface area contributed by atoms with Gasteiger partial charge in [-0.25, -0.2) is 0 Å². The van der Waals surface area contributed by atoms with Gasteiger partial charge in [-0.2, -0.15) is 5.26 Å². The van der Waals surface area contributed by atoms with E-state index < -0.39 is 0 Å². The van der Waals surface area contributed by atoms with Crippen LogP contribution in [-0.4, -0.2) is 10.2 Å². The van der Waals surface area contributed by atoms with Crippen LogP contribution in [0.2, 0.25) is 15.2 Å². The first-order chi connectivity index (χ1) is 11.1. The van der Waals surface area contributed by atoms with E-state index in [2.05, 4.69) is 21.6 Å². The second-order valence-corrected chi connectivity index (χ2v) is 5.99. The van der Waals surface area contributed by atoms with Gasteiger partial charge in [-0.05, 0) is 35.9 Å². The standard InChI is InChI=1S/C16H9Cl3N4/c17-13-4-2-10(6-14(13)18)8-21-16-12-5-9(7-20)1-3-11(12)15(19)22-23-16/h1-6H,8H2,(H,21,23). The van der Waals surface area contributed by atoms with Gasteiger partial charge in [0.15, 0.2) is 11.0 Å². The summed E-state index contributed by atoms with van der Waals surface area (Å²) in [5.41, 5.74) is 1.47. The molecular formula is C16H9Cl3N4. The third kappa shape index (κ3) is 3.32. The minimum atomic E-state index is 0.296. The lowest BCUT2D eigenvalue weighted by atomic mass is 10.1. The second-order valence-electron chi connectivity index (χ2n) is 4.81. The van der Waals surface area contributed by atoms with Gasteiger partial charge in [-0.3, -0.25) is 0 Å².